The van der Waals surface area contributed by atoms with E-state index in [1.165, 1.54) is 16.3 Å². The molecule has 5 nitrogen and oxygen atoms in total. The minimum atomic E-state index is 0.699. The molecule has 0 aliphatic rings. The van der Waals surface area contributed by atoms with E-state index in [0.717, 1.165) is 88.4 Å². The van der Waals surface area contributed by atoms with Crippen LogP contribution in [0.1, 0.15) is 0 Å². The van der Waals surface area contributed by atoms with Crippen molar-refractivity contribution in [2.24, 2.45) is 0 Å². The first-order valence-corrected chi connectivity index (χ1v) is 18.6. The van der Waals surface area contributed by atoms with Gasteiger partial charge in [-0.1, -0.05) is 103 Å². The Labute approximate surface area is 315 Å². The van der Waals surface area contributed by atoms with Gasteiger partial charge in [0.15, 0.2) is 5.82 Å². The van der Waals surface area contributed by atoms with E-state index in [1.807, 2.05) is 24.3 Å². The molecule has 0 aliphatic heterocycles. The molecule has 12 aromatic rings. The van der Waals surface area contributed by atoms with Gasteiger partial charge in [0.2, 0.25) is 0 Å². The molecule has 0 saturated heterocycles. The Kier molecular flexibility index (Phi) is 6.27. The monoisotopic (exact) mass is 702 g/mol. The van der Waals surface area contributed by atoms with Crippen LogP contribution in [-0.2, 0) is 0 Å². The average Bonchev–Trinajstić information content (AvgIpc) is 3.90. The van der Waals surface area contributed by atoms with E-state index in [4.69, 9.17) is 14.4 Å². The molecule has 5 heteroatoms. The van der Waals surface area contributed by atoms with Crippen molar-refractivity contribution in [1.82, 2.24) is 19.1 Å². The van der Waals surface area contributed by atoms with Crippen molar-refractivity contribution in [3.8, 4) is 34.0 Å². The summed E-state index contributed by atoms with van der Waals surface area (Å²) in [4.78, 5) is 10.2. The minimum absolute atomic E-state index is 0.699. The van der Waals surface area contributed by atoms with E-state index >= 15 is 0 Å². The maximum Gasteiger partial charge on any atom is 0.160 e. The predicted octanol–water partition coefficient (Wildman–Crippen LogP) is 13.1. The summed E-state index contributed by atoms with van der Waals surface area (Å²) in [5.41, 5.74) is 12.4. The second kappa shape index (κ2) is 11.5. The van der Waals surface area contributed by atoms with Gasteiger partial charge in [-0.05, 0) is 78.9 Å². The molecule has 0 radical (unpaired) electrons. The topological polar surface area (TPSA) is 48.8 Å². The van der Waals surface area contributed by atoms with Gasteiger partial charge in [-0.15, -0.1) is 0 Å². The van der Waals surface area contributed by atoms with E-state index in [2.05, 4.69) is 167 Å². The molecule has 0 bridgehead atoms. The highest BCUT2D eigenvalue weighted by Gasteiger charge is 2.22. The van der Waals surface area contributed by atoms with Gasteiger partial charge >= 0.3 is 0 Å². The summed E-state index contributed by atoms with van der Waals surface area (Å²) in [5.74, 6) is 0.699. The smallest absolute Gasteiger partial charge is 0.160 e. The highest BCUT2D eigenvalue weighted by molar-refractivity contribution is 6.26. The summed E-state index contributed by atoms with van der Waals surface area (Å²) >= 11 is 0. The number of para-hydroxylation sites is 4. The highest BCUT2D eigenvalue weighted by atomic mass is 16.3. The molecule has 0 atom stereocenters. The van der Waals surface area contributed by atoms with Crippen molar-refractivity contribution >= 4 is 76.5 Å². The third kappa shape index (κ3) is 4.41. The largest absolute Gasteiger partial charge is 0.455 e. The molecular formula is C50H30N4O. The molecule has 0 N–H and O–H groups in total. The lowest BCUT2D eigenvalue weighted by molar-refractivity contribution is 0.673. The number of nitrogens with zero attached hydrogens (tertiary/aromatic N) is 4. The van der Waals surface area contributed by atoms with Crippen LogP contribution in [-0.4, -0.2) is 19.1 Å². The zero-order valence-corrected chi connectivity index (χ0v) is 29.5. The van der Waals surface area contributed by atoms with Crippen LogP contribution in [0, 0.1) is 0 Å². The van der Waals surface area contributed by atoms with Gasteiger partial charge in [0, 0.05) is 54.8 Å². The SMILES string of the molecule is c1ccc(-c2nc(-c3ccc(-n4c5cc6c(cc5c5c7oc8ccccc8c7ccc54)c4ccccc4n6-c4ccccc4)cc3)nc3ccccc23)cc1. The van der Waals surface area contributed by atoms with Crippen molar-refractivity contribution < 1.29 is 4.42 Å². The number of rotatable bonds is 4. The molecule has 55 heavy (non-hydrogen) atoms. The van der Waals surface area contributed by atoms with Gasteiger partial charge in [-0.2, -0.15) is 0 Å². The van der Waals surface area contributed by atoms with Crippen LogP contribution in [0.5, 0.6) is 0 Å². The molecule has 12 rings (SSSR count). The standard InChI is InChI=1S/C50H30N4O/c1-3-13-31(14-4-1)48-38-19-7-10-20-41(38)51-50(52-48)32-23-25-34(26-24-32)54-43-28-27-37-36-18-9-12-22-46(36)55-49(37)47(43)40-29-39-35-17-8-11-21-42(35)53(44(39)30-45(40)54)33-15-5-2-6-16-33/h1-30H. The summed E-state index contributed by atoms with van der Waals surface area (Å²) in [6.45, 7) is 0. The second-order valence-electron chi connectivity index (χ2n) is 14.2. The first kappa shape index (κ1) is 30.0. The van der Waals surface area contributed by atoms with Crippen LogP contribution in [0.4, 0.5) is 0 Å². The number of hydrogen-bond acceptors (Lipinski definition) is 3. The Bertz CT molecular complexity index is 3470. The van der Waals surface area contributed by atoms with Gasteiger partial charge in [-0.3, -0.25) is 0 Å². The van der Waals surface area contributed by atoms with Crippen LogP contribution in [0.3, 0.4) is 0 Å². The Balaban J connectivity index is 1.13. The molecule has 0 fully saturated rings. The van der Waals surface area contributed by atoms with Gasteiger partial charge in [0.25, 0.3) is 0 Å². The van der Waals surface area contributed by atoms with Crippen molar-refractivity contribution in [2.45, 2.75) is 0 Å². The van der Waals surface area contributed by atoms with Crippen LogP contribution in [0.25, 0.3) is 110 Å². The first-order chi connectivity index (χ1) is 27.3. The highest BCUT2D eigenvalue weighted by Crippen LogP contribution is 2.44. The molecule has 0 saturated carbocycles. The van der Waals surface area contributed by atoms with Crippen LogP contribution in [0.2, 0.25) is 0 Å². The summed E-state index contributed by atoms with van der Waals surface area (Å²) in [6.07, 6.45) is 0. The van der Waals surface area contributed by atoms with Crippen LogP contribution in [0.15, 0.2) is 186 Å². The van der Waals surface area contributed by atoms with Crippen molar-refractivity contribution in [3.05, 3.63) is 182 Å². The van der Waals surface area contributed by atoms with E-state index in [-0.39, 0.29) is 0 Å². The quantitative estimate of drug-likeness (QED) is 0.183. The van der Waals surface area contributed by atoms with Gasteiger partial charge in [0.05, 0.1) is 38.7 Å². The maximum atomic E-state index is 6.72. The number of fused-ring (bicyclic) bond motifs is 11. The Morgan fingerprint density at radius 1 is 0.382 bits per heavy atom. The molecule has 0 aliphatic carbocycles. The van der Waals surface area contributed by atoms with E-state index in [1.54, 1.807) is 0 Å². The lowest BCUT2D eigenvalue weighted by atomic mass is 10.1. The molecule has 4 aromatic heterocycles. The maximum absolute atomic E-state index is 6.72. The Morgan fingerprint density at radius 2 is 1.04 bits per heavy atom. The fourth-order valence-corrected chi connectivity index (χ4v) is 8.66. The van der Waals surface area contributed by atoms with E-state index < -0.39 is 0 Å². The fraction of sp³-hybridized carbons (Fsp3) is 0. The van der Waals surface area contributed by atoms with Gasteiger partial charge in [0.1, 0.15) is 11.2 Å². The fourth-order valence-electron chi connectivity index (χ4n) is 8.66. The van der Waals surface area contributed by atoms with Gasteiger partial charge < -0.3 is 13.6 Å². The Morgan fingerprint density at radius 3 is 1.87 bits per heavy atom. The number of benzene rings is 8. The van der Waals surface area contributed by atoms with E-state index in [0.29, 0.717) is 5.82 Å². The van der Waals surface area contributed by atoms with Gasteiger partial charge in [-0.25, -0.2) is 9.97 Å². The van der Waals surface area contributed by atoms with Crippen LogP contribution >= 0.6 is 0 Å². The molecular weight excluding hydrogens is 673 g/mol. The van der Waals surface area contributed by atoms with Crippen molar-refractivity contribution in [2.75, 3.05) is 0 Å². The van der Waals surface area contributed by atoms with E-state index in [9.17, 15) is 0 Å². The third-order valence-corrected chi connectivity index (χ3v) is 11.1. The third-order valence-electron chi connectivity index (χ3n) is 11.1. The average molecular weight is 703 g/mol. The lowest BCUT2D eigenvalue weighted by Crippen LogP contribution is -1.97. The summed E-state index contributed by atoms with van der Waals surface area (Å²) in [5, 5.41) is 7.96. The first-order valence-electron chi connectivity index (χ1n) is 18.6. The molecule has 0 unspecified atom stereocenters. The summed E-state index contributed by atoms with van der Waals surface area (Å²) in [7, 11) is 0. The number of furan rings is 1. The second-order valence-corrected chi connectivity index (χ2v) is 14.2. The molecule has 0 amide bonds. The molecule has 256 valence electrons. The van der Waals surface area contributed by atoms with Crippen molar-refractivity contribution in [3.63, 3.8) is 0 Å². The molecule has 4 heterocycles. The zero-order valence-electron chi connectivity index (χ0n) is 29.5. The number of aromatic nitrogens is 4. The predicted molar refractivity (Wildman–Crippen MR) is 226 cm³/mol. The Hall–Kier alpha value is -7.50. The summed E-state index contributed by atoms with van der Waals surface area (Å²) in [6, 6.07) is 64.1. The van der Waals surface area contributed by atoms with Crippen LogP contribution < -0.4 is 0 Å². The normalized spacial score (nSPS) is 12.0. The van der Waals surface area contributed by atoms with Crippen molar-refractivity contribution in [1.29, 1.82) is 0 Å². The number of hydrogen-bond donors (Lipinski definition) is 0. The zero-order chi connectivity index (χ0) is 36.0. The molecule has 8 aromatic carbocycles. The minimum Gasteiger partial charge on any atom is -0.455 e. The lowest BCUT2D eigenvalue weighted by Gasteiger charge is -2.12. The molecule has 0 spiro atoms. The summed E-state index contributed by atoms with van der Waals surface area (Å²) < 4.78 is 11.5.